The van der Waals surface area contributed by atoms with Gasteiger partial charge in [0.05, 0.1) is 12.7 Å². The van der Waals surface area contributed by atoms with Crippen LogP contribution >= 0.6 is 11.3 Å². The lowest BCUT2D eigenvalue weighted by atomic mass is 10.2. The molecule has 0 aliphatic carbocycles. The van der Waals surface area contributed by atoms with Gasteiger partial charge in [-0.05, 0) is 18.4 Å². The third kappa shape index (κ3) is 4.84. The van der Waals surface area contributed by atoms with Gasteiger partial charge in [0.15, 0.2) is 0 Å². The smallest absolute Gasteiger partial charge is 0.326 e. The Morgan fingerprint density at radius 1 is 1.50 bits per heavy atom. The Balaban J connectivity index is 2.75. The average molecular weight is 323 g/mol. The molecule has 9 heteroatoms. The number of sulfonamides is 1. The molecule has 0 saturated carbocycles. The zero-order valence-corrected chi connectivity index (χ0v) is 12.7. The standard InChI is InChI=1S/C11H17NO6S2/c1-8(13)10(11(14)18-6-5-17-2)12-20(15,16)9-4-3-7-19-9/h3-4,7-8,10,12-13H,5-6H2,1-2H3/t8-,10+/m1/s1. The molecule has 20 heavy (non-hydrogen) atoms. The number of esters is 1. The number of carbonyl (C=O) groups is 1. The molecule has 0 unspecified atom stereocenters. The summed E-state index contributed by atoms with van der Waals surface area (Å²) in [7, 11) is -2.42. The van der Waals surface area contributed by atoms with Gasteiger partial charge in [0, 0.05) is 7.11 Å². The zero-order chi connectivity index (χ0) is 15.2. The van der Waals surface area contributed by atoms with Crippen LogP contribution in [0.25, 0.3) is 0 Å². The number of nitrogens with one attached hydrogen (secondary N) is 1. The second-order valence-corrected chi connectivity index (χ2v) is 6.82. The van der Waals surface area contributed by atoms with E-state index in [1.807, 2.05) is 0 Å². The minimum Gasteiger partial charge on any atom is -0.462 e. The van der Waals surface area contributed by atoms with Crippen LogP contribution in [0.15, 0.2) is 21.7 Å². The van der Waals surface area contributed by atoms with Crippen molar-refractivity contribution >= 4 is 27.3 Å². The van der Waals surface area contributed by atoms with Crippen molar-refractivity contribution in [1.29, 1.82) is 0 Å². The molecule has 0 radical (unpaired) electrons. The van der Waals surface area contributed by atoms with E-state index in [2.05, 4.69) is 4.72 Å². The molecule has 0 aliphatic heterocycles. The number of methoxy groups -OCH3 is 1. The van der Waals surface area contributed by atoms with Crippen molar-refractivity contribution in [3.8, 4) is 0 Å². The van der Waals surface area contributed by atoms with Crippen molar-refractivity contribution in [2.45, 2.75) is 23.3 Å². The van der Waals surface area contributed by atoms with Crippen LogP contribution in [-0.4, -0.2) is 52.0 Å². The summed E-state index contributed by atoms with van der Waals surface area (Å²) in [5.41, 5.74) is 0. The van der Waals surface area contributed by atoms with E-state index in [4.69, 9.17) is 9.47 Å². The molecule has 0 bridgehead atoms. The van der Waals surface area contributed by atoms with Crippen LogP contribution in [0.2, 0.25) is 0 Å². The third-order valence-corrected chi connectivity index (χ3v) is 5.15. The summed E-state index contributed by atoms with van der Waals surface area (Å²) in [5, 5.41) is 11.1. The first kappa shape index (κ1) is 17.1. The van der Waals surface area contributed by atoms with Gasteiger partial charge in [0.2, 0.25) is 0 Å². The van der Waals surface area contributed by atoms with Gasteiger partial charge in [-0.25, -0.2) is 8.42 Å². The molecule has 1 aromatic rings. The monoisotopic (exact) mass is 323 g/mol. The van der Waals surface area contributed by atoms with E-state index in [0.29, 0.717) is 0 Å². The number of hydrogen-bond acceptors (Lipinski definition) is 7. The van der Waals surface area contributed by atoms with E-state index in [1.54, 1.807) is 11.4 Å². The molecule has 0 saturated heterocycles. The van der Waals surface area contributed by atoms with E-state index in [0.717, 1.165) is 11.3 Å². The second kappa shape index (κ2) is 7.70. The zero-order valence-electron chi connectivity index (χ0n) is 11.1. The Hall–Kier alpha value is -1.00. The lowest BCUT2D eigenvalue weighted by Crippen LogP contribution is -2.48. The molecule has 2 atom stereocenters. The molecule has 114 valence electrons. The largest absolute Gasteiger partial charge is 0.462 e. The molecule has 0 fully saturated rings. The molecular formula is C11H17NO6S2. The lowest BCUT2D eigenvalue weighted by molar-refractivity contribution is -0.149. The lowest BCUT2D eigenvalue weighted by Gasteiger charge is -2.19. The van der Waals surface area contributed by atoms with Crippen molar-refractivity contribution in [1.82, 2.24) is 4.72 Å². The molecule has 1 heterocycles. The summed E-state index contributed by atoms with van der Waals surface area (Å²) in [6.07, 6.45) is -1.22. The minimum atomic E-state index is -3.86. The van der Waals surface area contributed by atoms with Crippen molar-refractivity contribution in [2.24, 2.45) is 0 Å². The first-order valence-electron chi connectivity index (χ1n) is 5.78. The SMILES string of the molecule is COCCOC(=O)[C@@H](NS(=O)(=O)c1cccs1)[C@@H](C)O. The van der Waals surface area contributed by atoms with Crippen LogP contribution in [0, 0.1) is 0 Å². The summed E-state index contributed by atoms with van der Waals surface area (Å²) in [6, 6.07) is 1.62. The topological polar surface area (TPSA) is 102 Å². The maximum absolute atomic E-state index is 12.0. The van der Waals surface area contributed by atoms with E-state index in [9.17, 15) is 18.3 Å². The van der Waals surface area contributed by atoms with Gasteiger partial charge in [-0.1, -0.05) is 6.07 Å². The van der Waals surface area contributed by atoms with E-state index in [-0.39, 0.29) is 17.4 Å². The fourth-order valence-corrected chi connectivity index (χ4v) is 3.57. The van der Waals surface area contributed by atoms with Crippen LogP contribution in [0.3, 0.4) is 0 Å². The van der Waals surface area contributed by atoms with Crippen molar-refractivity contribution in [3.05, 3.63) is 17.5 Å². The second-order valence-electron chi connectivity index (χ2n) is 3.93. The van der Waals surface area contributed by atoms with Gasteiger partial charge < -0.3 is 14.6 Å². The quantitative estimate of drug-likeness (QED) is 0.514. The highest BCUT2D eigenvalue weighted by molar-refractivity contribution is 7.91. The number of aliphatic hydroxyl groups is 1. The Morgan fingerprint density at radius 2 is 2.20 bits per heavy atom. The van der Waals surface area contributed by atoms with E-state index in [1.165, 1.54) is 20.1 Å². The van der Waals surface area contributed by atoms with Crippen molar-refractivity contribution in [3.63, 3.8) is 0 Å². The maximum Gasteiger partial charge on any atom is 0.326 e. The molecular weight excluding hydrogens is 306 g/mol. The van der Waals surface area contributed by atoms with Crippen LogP contribution in [0.5, 0.6) is 0 Å². The summed E-state index contributed by atoms with van der Waals surface area (Å²) < 4.78 is 35.7. The molecule has 0 aromatic carbocycles. The van der Waals surface area contributed by atoms with E-state index >= 15 is 0 Å². The van der Waals surface area contributed by atoms with Crippen molar-refractivity contribution in [2.75, 3.05) is 20.3 Å². The Bertz CT molecular complexity index is 511. The average Bonchev–Trinajstić information content (AvgIpc) is 2.90. The van der Waals surface area contributed by atoms with Crippen LogP contribution in [0.4, 0.5) is 0 Å². The normalized spacial score (nSPS) is 14.8. The third-order valence-electron chi connectivity index (χ3n) is 2.31. The first-order valence-corrected chi connectivity index (χ1v) is 8.14. The molecule has 0 spiro atoms. The number of hydrogen-bond donors (Lipinski definition) is 2. The van der Waals surface area contributed by atoms with Gasteiger partial charge in [0.25, 0.3) is 10.0 Å². The number of thiophene rings is 1. The summed E-state index contributed by atoms with van der Waals surface area (Å²) >= 11 is 1.01. The highest BCUT2D eigenvalue weighted by Crippen LogP contribution is 2.16. The Morgan fingerprint density at radius 3 is 2.70 bits per heavy atom. The highest BCUT2D eigenvalue weighted by atomic mass is 32.2. The van der Waals surface area contributed by atoms with Crippen LogP contribution in [-0.2, 0) is 24.3 Å². The molecule has 1 rings (SSSR count). The molecule has 0 amide bonds. The highest BCUT2D eigenvalue weighted by Gasteiger charge is 2.31. The fraction of sp³-hybridized carbons (Fsp3) is 0.545. The number of aliphatic hydroxyl groups excluding tert-OH is 1. The van der Waals surface area contributed by atoms with Gasteiger partial charge in [-0.15, -0.1) is 11.3 Å². The first-order chi connectivity index (χ1) is 9.38. The number of ether oxygens (including phenoxy) is 2. The summed E-state index contributed by atoms with van der Waals surface area (Å²) in [6.45, 7) is 1.48. The van der Waals surface area contributed by atoms with Gasteiger partial charge in [-0.3, -0.25) is 4.79 Å². The molecule has 7 nitrogen and oxygen atoms in total. The predicted octanol–water partition coefficient (Wildman–Crippen LogP) is -0.0346. The van der Waals surface area contributed by atoms with Crippen molar-refractivity contribution < 1.29 is 27.8 Å². The molecule has 0 aliphatic rings. The van der Waals surface area contributed by atoms with Crippen LogP contribution < -0.4 is 4.72 Å². The van der Waals surface area contributed by atoms with Crippen LogP contribution in [0.1, 0.15) is 6.92 Å². The minimum absolute atomic E-state index is 0.0146. The maximum atomic E-state index is 12.0. The summed E-state index contributed by atoms with van der Waals surface area (Å²) in [5.74, 6) is -0.850. The van der Waals surface area contributed by atoms with Gasteiger partial charge in [0.1, 0.15) is 16.9 Å². The predicted molar refractivity (Wildman–Crippen MR) is 72.9 cm³/mol. The Kier molecular flexibility index (Phi) is 6.56. The molecule has 1 aromatic heterocycles. The van der Waals surface area contributed by atoms with Gasteiger partial charge in [-0.2, -0.15) is 4.72 Å². The number of carbonyl (C=O) groups excluding carboxylic acids is 1. The van der Waals surface area contributed by atoms with E-state index < -0.39 is 28.1 Å². The molecule has 2 N–H and O–H groups in total. The fourth-order valence-electron chi connectivity index (χ4n) is 1.30. The number of rotatable bonds is 8. The van der Waals surface area contributed by atoms with Gasteiger partial charge >= 0.3 is 5.97 Å². The summed E-state index contributed by atoms with van der Waals surface area (Å²) in [4.78, 5) is 11.7. The Labute approximate surface area is 121 Å².